The summed E-state index contributed by atoms with van der Waals surface area (Å²) in [5, 5.41) is 9.24. The molecule has 1 saturated heterocycles. The van der Waals surface area contributed by atoms with Crippen molar-refractivity contribution in [1.82, 2.24) is 9.88 Å². The summed E-state index contributed by atoms with van der Waals surface area (Å²) in [6, 6.07) is 3.55. The van der Waals surface area contributed by atoms with Gasteiger partial charge in [-0.3, -0.25) is 4.90 Å². The van der Waals surface area contributed by atoms with E-state index in [9.17, 15) is 5.11 Å². The number of rotatable bonds is 5. The molecule has 2 heterocycles. The maximum absolute atomic E-state index is 9.24. The van der Waals surface area contributed by atoms with Crippen LogP contribution >= 0.6 is 0 Å². The van der Waals surface area contributed by atoms with Crippen LogP contribution in [0.1, 0.15) is 49.0 Å². The van der Waals surface area contributed by atoms with Gasteiger partial charge in [-0.25, -0.2) is 4.98 Å². The third-order valence-electron chi connectivity index (χ3n) is 3.29. The molecule has 0 aliphatic carbocycles. The van der Waals surface area contributed by atoms with Gasteiger partial charge < -0.3 is 14.7 Å². The van der Waals surface area contributed by atoms with E-state index in [1.807, 2.05) is 6.07 Å². The minimum absolute atomic E-state index is 0. The summed E-state index contributed by atoms with van der Waals surface area (Å²) in [5.74, 6) is 1.16. The molecule has 142 valence electrons. The van der Waals surface area contributed by atoms with E-state index in [4.69, 9.17) is 4.74 Å². The molecule has 0 aromatic carbocycles. The van der Waals surface area contributed by atoms with E-state index in [-0.39, 0.29) is 20.6 Å². The standard InChI is InChI=1S/C14H23N3O2.C3H8.2CH4/c1-12(2)19-10-9-16-5-7-17(8-6-16)14-4-3-13(18)11-15-14;1-3-2;;/h3-4,11-12,18H,5-10H2,1-2H3;3H2,1-2H3;2*1H4. The van der Waals surface area contributed by atoms with Crippen molar-refractivity contribution in [2.24, 2.45) is 0 Å². The second kappa shape index (κ2) is 14.1. The van der Waals surface area contributed by atoms with E-state index < -0.39 is 0 Å². The lowest BCUT2D eigenvalue weighted by molar-refractivity contribution is 0.0578. The van der Waals surface area contributed by atoms with Crippen molar-refractivity contribution < 1.29 is 9.84 Å². The topological polar surface area (TPSA) is 48.8 Å². The number of anilines is 1. The molecule has 0 spiro atoms. The number of pyridine rings is 1. The minimum Gasteiger partial charge on any atom is -0.506 e. The summed E-state index contributed by atoms with van der Waals surface area (Å²) in [5.41, 5.74) is 0. The van der Waals surface area contributed by atoms with Crippen molar-refractivity contribution in [1.29, 1.82) is 0 Å². The number of hydrogen-bond donors (Lipinski definition) is 1. The Morgan fingerprint density at radius 3 is 2.17 bits per heavy atom. The van der Waals surface area contributed by atoms with Gasteiger partial charge in [-0.05, 0) is 26.0 Å². The third-order valence-corrected chi connectivity index (χ3v) is 3.29. The molecule has 1 aromatic rings. The molecule has 0 atom stereocenters. The van der Waals surface area contributed by atoms with Gasteiger partial charge in [0.25, 0.3) is 0 Å². The van der Waals surface area contributed by atoms with Crippen molar-refractivity contribution in [2.75, 3.05) is 44.2 Å². The Kier molecular flexibility index (Phi) is 14.6. The Bertz CT molecular complexity index is 388. The van der Waals surface area contributed by atoms with Crippen molar-refractivity contribution in [2.45, 2.75) is 55.1 Å². The van der Waals surface area contributed by atoms with E-state index in [0.29, 0.717) is 6.10 Å². The molecule has 1 N–H and O–H groups in total. The van der Waals surface area contributed by atoms with Crippen LogP contribution in [-0.2, 0) is 4.74 Å². The van der Waals surface area contributed by atoms with Crippen molar-refractivity contribution in [3.05, 3.63) is 18.3 Å². The van der Waals surface area contributed by atoms with Crippen molar-refractivity contribution >= 4 is 5.82 Å². The highest BCUT2D eigenvalue weighted by Crippen LogP contribution is 2.16. The lowest BCUT2D eigenvalue weighted by Gasteiger charge is -2.35. The van der Waals surface area contributed by atoms with Gasteiger partial charge >= 0.3 is 0 Å². The minimum atomic E-state index is 0. The van der Waals surface area contributed by atoms with Gasteiger partial charge in [0.1, 0.15) is 11.6 Å². The molecule has 5 heteroatoms. The molecule has 0 saturated carbocycles. The van der Waals surface area contributed by atoms with Crippen molar-refractivity contribution in [3.8, 4) is 5.75 Å². The molecule has 1 aliphatic rings. The van der Waals surface area contributed by atoms with Gasteiger partial charge in [0.05, 0.1) is 18.9 Å². The molecule has 2 rings (SSSR count). The lowest BCUT2D eigenvalue weighted by atomic mass is 10.3. The van der Waals surface area contributed by atoms with E-state index in [0.717, 1.165) is 45.1 Å². The van der Waals surface area contributed by atoms with Crippen molar-refractivity contribution in [3.63, 3.8) is 0 Å². The third kappa shape index (κ3) is 9.73. The van der Waals surface area contributed by atoms with E-state index >= 15 is 0 Å². The maximum atomic E-state index is 9.24. The highest BCUT2D eigenvalue weighted by molar-refractivity contribution is 5.40. The zero-order valence-electron chi connectivity index (χ0n) is 14.5. The summed E-state index contributed by atoms with van der Waals surface area (Å²) < 4.78 is 5.57. The van der Waals surface area contributed by atoms with E-state index in [1.165, 1.54) is 12.6 Å². The highest BCUT2D eigenvalue weighted by atomic mass is 16.5. The molecule has 5 nitrogen and oxygen atoms in total. The van der Waals surface area contributed by atoms with E-state index in [2.05, 4.69) is 42.5 Å². The van der Waals surface area contributed by atoms with Crippen LogP contribution in [0.25, 0.3) is 0 Å². The predicted octanol–water partition coefficient (Wildman–Crippen LogP) is 4.02. The van der Waals surface area contributed by atoms with Crippen LogP contribution in [0.4, 0.5) is 5.82 Å². The Morgan fingerprint density at radius 1 is 1.12 bits per heavy atom. The van der Waals surface area contributed by atoms with Gasteiger partial charge in [0.15, 0.2) is 0 Å². The van der Waals surface area contributed by atoms with Crippen LogP contribution in [0.15, 0.2) is 18.3 Å². The fraction of sp³-hybridized carbons (Fsp3) is 0.737. The second-order valence-corrected chi connectivity index (χ2v) is 5.83. The average Bonchev–Trinajstić information content (AvgIpc) is 2.49. The average molecular weight is 342 g/mol. The molecule has 24 heavy (non-hydrogen) atoms. The highest BCUT2D eigenvalue weighted by Gasteiger charge is 2.17. The lowest BCUT2D eigenvalue weighted by Crippen LogP contribution is -2.47. The van der Waals surface area contributed by atoms with Crippen LogP contribution in [0.3, 0.4) is 0 Å². The summed E-state index contributed by atoms with van der Waals surface area (Å²) in [6.45, 7) is 14.2. The Hall–Kier alpha value is -1.33. The Labute approximate surface area is 149 Å². The first-order valence-corrected chi connectivity index (χ1v) is 8.30. The quantitative estimate of drug-likeness (QED) is 0.876. The molecule has 1 aromatic heterocycles. The Morgan fingerprint density at radius 2 is 1.71 bits per heavy atom. The van der Waals surface area contributed by atoms with Gasteiger partial charge in [-0.2, -0.15) is 0 Å². The number of aromatic nitrogens is 1. The maximum Gasteiger partial charge on any atom is 0.134 e. The summed E-state index contributed by atoms with van der Waals surface area (Å²) in [7, 11) is 0. The first-order chi connectivity index (χ1) is 10.6. The number of aromatic hydroxyl groups is 1. The number of hydrogen-bond acceptors (Lipinski definition) is 5. The fourth-order valence-corrected chi connectivity index (χ4v) is 2.18. The second-order valence-electron chi connectivity index (χ2n) is 5.83. The number of piperazine rings is 1. The van der Waals surface area contributed by atoms with Gasteiger partial charge in [0, 0.05) is 32.7 Å². The van der Waals surface area contributed by atoms with Gasteiger partial charge in [-0.1, -0.05) is 35.1 Å². The van der Waals surface area contributed by atoms with Crippen LogP contribution in [0, 0.1) is 0 Å². The zero-order chi connectivity index (χ0) is 16.4. The Balaban J connectivity index is 0. The van der Waals surface area contributed by atoms with Crippen LogP contribution in [-0.4, -0.2) is 60.4 Å². The molecule has 0 unspecified atom stereocenters. The molecule has 1 aliphatic heterocycles. The molecule has 0 bridgehead atoms. The monoisotopic (exact) mass is 341 g/mol. The van der Waals surface area contributed by atoms with Crippen LogP contribution in [0.5, 0.6) is 5.75 Å². The summed E-state index contributed by atoms with van der Waals surface area (Å²) in [4.78, 5) is 8.91. The fourth-order valence-electron chi connectivity index (χ4n) is 2.18. The normalized spacial score (nSPS) is 14.3. The molecular formula is C19H39N3O2. The molecule has 0 radical (unpaired) electrons. The predicted molar refractivity (Wildman–Crippen MR) is 105 cm³/mol. The first-order valence-electron chi connectivity index (χ1n) is 8.30. The number of ether oxygens (including phenoxy) is 1. The summed E-state index contributed by atoms with van der Waals surface area (Å²) >= 11 is 0. The molecule has 1 fully saturated rings. The summed E-state index contributed by atoms with van der Waals surface area (Å²) in [6.07, 6.45) is 3.06. The molecule has 0 amide bonds. The smallest absolute Gasteiger partial charge is 0.134 e. The SMILES string of the molecule is C.C.CC(C)OCCN1CCN(c2ccc(O)cn2)CC1.CCC. The zero-order valence-corrected chi connectivity index (χ0v) is 14.5. The van der Waals surface area contributed by atoms with E-state index in [1.54, 1.807) is 6.07 Å². The van der Waals surface area contributed by atoms with Crippen LogP contribution in [0.2, 0.25) is 0 Å². The first kappa shape index (κ1) is 24.9. The van der Waals surface area contributed by atoms with Gasteiger partial charge in [-0.15, -0.1) is 0 Å². The largest absolute Gasteiger partial charge is 0.506 e. The molecular weight excluding hydrogens is 302 g/mol. The van der Waals surface area contributed by atoms with Gasteiger partial charge in [0.2, 0.25) is 0 Å². The van der Waals surface area contributed by atoms with Crippen LogP contribution < -0.4 is 4.90 Å². The number of nitrogens with zero attached hydrogens (tertiary/aromatic N) is 3.